The third-order valence-electron chi connectivity index (χ3n) is 2.99. The van der Waals surface area contributed by atoms with Crippen molar-refractivity contribution in [1.82, 2.24) is 20.3 Å². The van der Waals surface area contributed by atoms with Gasteiger partial charge in [-0.1, -0.05) is 0 Å². The van der Waals surface area contributed by atoms with E-state index >= 15 is 0 Å². The Bertz CT molecular complexity index is 423. The number of aromatic nitrogens is 3. The fourth-order valence-electron chi connectivity index (χ4n) is 2.16. The zero-order chi connectivity index (χ0) is 10.1. The molecule has 78 valence electrons. The lowest BCUT2D eigenvalue weighted by Crippen LogP contribution is -2.28. The molecule has 0 amide bonds. The van der Waals surface area contributed by atoms with Crippen LogP contribution in [0.25, 0.3) is 11.0 Å². The van der Waals surface area contributed by atoms with Crippen molar-refractivity contribution in [3.8, 4) is 0 Å². The number of imidazole rings is 1. The Morgan fingerprint density at radius 2 is 2.40 bits per heavy atom. The fourth-order valence-corrected chi connectivity index (χ4v) is 2.16. The Kier molecular flexibility index (Phi) is 2.14. The number of hydrogen-bond acceptors (Lipinski definition) is 3. The van der Waals surface area contributed by atoms with Crippen molar-refractivity contribution in [2.24, 2.45) is 0 Å². The summed E-state index contributed by atoms with van der Waals surface area (Å²) in [6.07, 6.45) is 6.08. The number of nitrogens with zero attached hydrogens (tertiary/aromatic N) is 2. The van der Waals surface area contributed by atoms with Crippen molar-refractivity contribution in [3.05, 3.63) is 24.3 Å². The van der Waals surface area contributed by atoms with Gasteiger partial charge in [0.25, 0.3) is 0 Å². The standard InChI is InChI=1S/C11H14N4/c1-2-8(6-12-4-1)11-14-9-3-5-13-7-10(9)15-11/h3,5,7-8,12H,1-2,4,6H2,(H,14,15). The number of hydrogen-bond donors (Lipinski definition) is 2. The zero-order valence-corrected chi connectivity index (χ0v) is 8.53. The number of piperidine rings is 1. The first-order valence-corrected chi connectivity index (χ1v) is 5.44. The Hall–Kier alpha value is -1.42. The fraction of sp³-hybridized carbons (Fsp3) is 0.455. The van der Waals surface area contributed by atoms with E-state index in [1.54, 1.807) is 6.20 Å². The van der Waals surface area contributed by atoms with Crippen molar-refractivity contribution in [2.45, 2.75) is 18.8 Å². The monoisotopic (exact) mass is 202 g/mol. The highest BCUT2D eigenvalue weighted by Crippen LogP contribution is 2.22. The molecule has 0 aromatic carbocycles. The molecule has 0 bridgehead atoms. The maximum atomic E-state index is 4.60. The van der Waals surface area contributed by atoms with E-state index in [-0.39, 0.29) is 0 Å². The Balaban J connectivity index is 1.96. The van der Waals surface area contributed by atoms with Gasteiger partial charge in [-0.15, -0.1) is 0 Å². The van der Waals surface area contributed by atoms with Gasteiger partial charge in [0.2, 0.25) is 0 Å². The SMILES string of the molecule is c1cc2nc(C3CCCNC3)[nH]c2cn1. The van der Waals surface area contributed by atoms with Crippen LogP contribution >= 0.6 is 0 Å². The average Bonchev–Trinajstić information content (AvgIpc) is 2.74. The first-order chi connectivity index (χ1) is 7.43. The minimum absolute atomic E-state index is 0.533. The molecule has 1 saturated heterocycles. The number of nitrogens with one attached hydrogen (secondary N) is 2. The average molecular weight is 202 g/mol. The molecule has 1 fully saturated rings. The van der Waals surface area contributed by atoms with E-state index in [2.05, 4.69) is 20.3 Å². The molecule has 1 aliphatic rings. The van der Waals surface area contributed by atoms with Crippen LogP contribution in [-0.2, 0) is 0 Å². The van der Waals surface area contributed by atoms with Crippen LogP contribution in [0.5, 0.6) is 0 Å². The second kappa shape index (κ2) is 3.62. The summed E-state index contributed by atoms with van der Waals surface area (Å²) in [5.74, 6) is 1.64. The van der Waals surface area contributed by atoms with Gasteiger partial charge < -0.3 is 10.3 Å². The van der Waals surface area contributed by atoms with Gasteiger partial charge in [0, 0.05) is 18.7 Å². The minimum atomic E-state index is 0.533. The van der Waals surface area contributed by atoms with E-state index in [0.717, 1.165) is 29.9 Å². The molecule has 3 rings (SSSR count). The molecule has 4 nitrogen and oxygen atoms in total. The molecule has 0 radical (unpaired) electrons. The molecule has 0 aliphatic carbocycles. The smallest absolute Gasteiger partial charge is 0.111 e. The van der Waals surface area contributed by atoms with Crippen molar-refractivity contribution in [1.29, 1.82) is 0 Å². The molecular weight excluding hydrogens is 188 g/mol. The number of fused-ring (bicyclic) bond motifs is 1. The van der Waals surface area contributed by atoms with Gasteiger partial charge in [-0.05, 0) is 25.5 Å². The summed E-state index contributed by atoms with van der Waals surface area (Å²) in [6.45, 7) is 2.17. The third-order valence-corrected chi connectivity index (χ3v) is 2.99. The van der Waals surface area contributed by atoms with Crippen LogP contribution in [0.4, 0.5) is 0 Å². The summed E-state index contributed by atoms with van der Waals surface area (Å²) < 4.78 is 0. The van der Waals surface area contributed by atoms with Gasteiger partial charge in [-0.2, -0.15) is 0 Å². The van der Waals surface area contributed by atoms with Crippen LogP contribution in [0.2, 0.25) is 0 Å². The van der Waals surface area contributed by atoms with E-state index < -0.39 is 0 Å². The Morgan fingerprint density at radius 3 is 3.20 bits per heavy atom. The maximum absolute atomic E-state index is 4.60. The number of aromatic amines is 1. The number of H-pyrrole nitrogens is 1. The quantitative estimate of drug-likeness (QED) is 0.735. The predicted molar refractivity (Wildman–Crippen MR) is 58.7 cm³/mol. The highest BCUT2D eigenvalue weighted by atomic mass is 15.0. The summed E-state index contributed by atoms with van der Waals surface area (Å²) in [7, 11) is 0. The summed E-state index contributed by atoms with van der Waals surface area (Å²) in [5, 5.41) is 3.40. The van der Waals surface area contributed by atoms with E-state index in [1.165, 1.54) is 12.8 Å². The molecule has 0 saturated carbocycles. The van der Waals surface area contributed by atoms with E-state index in [9.17, 15) is 0 Å². The second-order valence-electron chi connectivity index (χ2n) is 4.06. The lowest BCUT2D eigenvalue weighted by atomic mass is 9.99. The molecule has 2 aromatic heterocycles. The van der Waals surface area contributed by atoms with Crippen LogP contribution in [0.3, 0.4) is 0 Å². The van der Waals surface area contributed by atoms with Gasteiger partial charge in [0.05, 0.1) is 17.2 Å². The van der Waals surface area contributed by atoms with Crippen LogP contribution in [0, 0.1) is 0 Å². The molecule has 1 unspecified atom stereocenters. The predicted octanol–water partition coefficient (Wildman–Crippen LogP) is 1.42. The third kappa shape index (κ3) is 1.61. The molecular formula is C11H14N4. The van der Waals surface area contributed by atoms with E-state index in [4.69, 9.17) is 0 Å². The lowest BCUT2D eigenvalue weighted by molar-refractivity contribution is 0.449. The molecule has 1 atom stereocenters. The lowest BCUT2D eigenvalue weighted by Gasteiger charge is -2.20. The maximum Gasteiger partial charge on any atom is 0.111 e. The molecule has 4 heteroatoms. The van der Waals surface area contributed by atoms with Crippen molar-refractivity contribution in [2.75, 3.05) is 13.1 Å². The van der Waals surface area contributed by atoms with E-state index in [1.807, 2.05) is 12.3 Å². The molecule has 1 aliphatic heterocycles. The van der Waals surface area contributed by atoms with Crippen molar-refractivity contribution < 1.29 is 0 Å². The molecule has 2 aromatic rings. The summed E-state index contributed by atoms with van der Waals surface area (Å²) in [5.41, 5.74) is 2.06. The topological polar surface area (TPSA) is 53.6 Å². The van der Waals surface area contributed by atoms with Crippen molar-refractivity contribution in [3.63, 3.8) is 0 Å². The van der Waals surface area contributed by atoms with Crippen LogP contribution < -0.4 is 5.32 Å². The van der Waals surface area contributed by atoms with Gasteiger partial charge in [-0.3, -0.25) is 4.98 Å². The normalized spacial score (nSPS) is 22.0. The second-order valence-corrected chi connectivity index (χ2v) is 4.06. The Morgan fingerprint density at radius 1 is 1.40 bits per heavy atom. The summed E-state index contributed by atoms with van der Waals surface area (Å²) in [4.78, 5) is 12.0. The van der Waals surface area contributed by atoms with E-state index in [0.29, 0.717) is 5.92 Å². The molecule has 15 heavy (non-hydrogen) atoms. The molecule has 2 N–H and O–H groups in total. The largest absolute Gasteiger partial charge is 0.340 e. The highest BCUT2D eigenvalue weighted by molar-refractivity contribution is 5.73. The number of pyridine rings is 1. The van der Waals surface area contributed by atoms with Crippen LogP contribution in [-0.4, -0.2) is 28.0 Å². The first kappa shape index (κ1) is 8.85. The summed E-state index contributed by atoms with van der Waals surface area (Å²) in [6, 6.07) is 1.95. The van der Waals surface area contributed by atoms with Crippen LogP contribution in [0.1, 0.15) is 24.6 Å². The summed E-state index contributed by atoms with van der Waals surface area (Å²) >= 11 is 0. The van der Waals surface area contributed by atoms with Gasteiger partial charge in [-0.25, -0.2) is 4.98 Å². The highest BCUT2D eigenvalue weighted by Gasteiger charge is 2.18. The zero-order valence-electron chi connectivity index (χ0n) is 8.53. The number of rotatable bonds is 1. The minimum Gasteiger partial charge on any atom is -0.340 e. The van der Waals surface area contributed by atoms with Crippen molar-refractivity contribution >= 4 is 11.0 Å². The molecule has 0 spiro atoms. The van der Waals surface area contributed by atoms with Gasteiger partial charge in [0.15, 0.2) is 0 Å². The van der Waals surface area contributed by atoms with Gasteiger partial charge in [0.1, 0.15) is 5.82 Å². The first-order valence-electron chi connectivity index (χ1n) is 5.44. The van der Waals surface area contributed by atoms with Crippen LogP contribution in [0.15, 0.2) is 18.5 Å². The molecule has 3 heterocycles. The van der Waals surface area contributed by atoms with Gasteiger partial charge >= 0.3 is 0 Å². The Labute approximate surface area is 88.1 Å².